The Hall–Kier alpha value is -2.88. The first-order valence-corrected chi connectivity index (χ1v) is 14.0. The third kappa shape index (κ3) is 5.14. The Morgan fingerprint density at radius 3 is 2.58 bits per heavy atom. The number of aryl methyl sites for hydroxylation is 1. The van der Waals surface area contributed by atoms with Crippen LogP contribution in [0.15, 0.2) is 47.5 Å². The van der Waals surface area contributed by atoms with Gasteiger partial charge >= 0.3 is 0 Å². The number of aromatic nitrogens is 1. The number of nitrogens with one attached hydrogen (secondary N) is 2. The van der Waals surface area contributed by atoms with E-state index in [0.717, 1.165) is 66.6 Å². The molecule has 0 bridgehead atoms. The summed E-state index contributed by atoms with van der Waals surface area (Å²) >= 11 is 0. The maximum Gasteiger partial charge on any atom is 0.264 e. The van der Waals surface area contributed by atoms with Gasteiger partial charge in [-0.3, -0.25) is 14.6 Å². The summed E-state index contributed by atoms with van der Waals surface area (Å²) in [5.74, 6) is 1.09. The fourth-order valence-electron chi connectivity index (χ4n) is 5.32. The van der Waals surface area contributed by atoms with Gasteiger partial charge in [-0.2, -0.15) is 0 Å². The Balaban J connectivity index is 1.46. The molecule has 2 fully saturated rings. The molecular formula is C27H34N4O4S. The highest BCUT2D eigenvalue weighted by Crippen LogP contribution is 2.36. The molecule has 1 saturated carbocycles. The molecule has 2 aromatic carbocycles. The fraction of sp³-hybridized carbons (Fsp3) is 0.444. The zero-order chi connectivity index (χ0) is 25.4. The fourth-order valence-corrected chi connectivity index (χ4v) is 6.31. The van der Waals surface area contributed by atoms with Crippen LogP contribution in [-0.4, -0.2) is 62.4 Å². The van der Waals surface area contributed by atoms with Crippen molar-refractivity contribution in [3.05, 3.63) is 59.3 Å². The van der Waals surface area contributed by atoms with Crippen LogP contribution in [-0.2, 0) is 21.4 Å². The lowest BCUT2D eigenvalue weighted by atomic mass is 9.99. The van der Waals surface area contributed by atoms with Gasteiger partial charge in [0, 0.05) is 68.4 Å². The normalized spacial score (nSPS) is 19.5. The number of carbonyl (C=O) groups is 1. The molecular weight excluding hydrogens is 476 g/mol. The second-order valence-corrected chi connectivity index (χ2v) is 11.7. The van der Waals surface area contributed by atoms with Gasteiger partial charge in [0.2, 0.25) is 5.91 Å². The number of nitrogens with zero attached hydrogens (tertiary/aromatic N) is 2. The van der Waals surface area contributed by atoms with Crippen molar-refractivity contribution in [2.45, 2.75) is 44.2 Å². The van der Waals surface area contributed by atoms with E-state index in [4.69, 9.17) is 4.74 Å². The minimum absolute atomic E-state index is 0.0906. The van der Waals surface area contributed by atoms with Crippen LogP contribution >= 0.6 is 0 Å². The van der Waals surface area contributed by atoms with E-state index in [1.807, 2.05) is 23.1 Å². The molecule has 0 radical (unpaired) electrons. The van der Waals surface area contributed by atoms with Gasteiger partial charge in [0.1, 0.15) is 5.75 Å². The van der Waals surface area contributed by atoms with E-state index in [0.29, 0.717) is 0 Å². The summed E-state index contributed by atoms with van der Waals surface area (Å²) in [5.41, 5.74) is 4.50. The molecule has 8 nitrogen and oxygen atoms in total. The van der Waals surface area contributed by atoms with Crippen molar-refractivity contribution in [3.8, 4) is 5.75 Å². The second-order valence-electron chi connectivity index (χ2n) is 10.1. The van der Waals surface area contributed by atoms with Crippen molar-refractivity contribution < 1.29 is 17.9 Å². The van der Waals surface area contributed by atoms with E-state index in [1.54, 1.807) is 19.2 Å². The Labute approximate surface area is 212 Å². The molecule has 192 valence electrons. The number of rotatable bonds is 8. The van der Waals surface area contributed by atoms with Gasteiger partial charge in [-0.25, -0.2) is 13.1 Å². The molecule has 9 heteroatoms. The topological polar surface area (TPSA) is 94.7 Å². The largest absolute Gasteiger partial charge is 0.496 e. The molecule has 1 aromatic heterocycles. The number of hydrogen-bond acceptors (Lipinski definition) is 6. The maximum absolute atomic E-state index is 12.4. The van der Waals surface area contributed by atoms with E-state index < -0.39 is 15.9 Å². The zero-order valence-electron chi connectivity index (χ0n) is 21.1. The van der Waals surface area contributed by atoms with Crippen LogP contribution in [0.3, 0.4) is 0 Å². The SMILES string of the molecule is COc1cc(C)c2[nH]ccc2c1CN1CCN(CC2CC2)C[C@H]1c1ccc(S(=O)(=O)NC(C)=O)cc1. The molecule has 2 N–H and O–H groups in total. The van der Waals surface area contributed by atoms with Gasteiger partial charge in [-0.15, -0.1) is 0 Å². The third-order valence-electron chi connectivity index (χ3n) is 7.33. The van der Waals surface area contributed by atoms with Crippen LogP contribution in [0.2, 0.25) is 0 Å². The highest BCUT2D eigenvalue weighted by Gasteiger charge is 2.33. The number of fused-ring (bicyclic) bond motifs is 1. The van der Waals surface area contributed by atoms with Crippen molar-refractivity contribution >= 4 is 26.8 Å². The number of sulfonamides is 1. The van der Waals surface area contributed by atoms with Gasteiger partial charge in [0.15, 0.2) is 0 Å². The summed E-state index contributed by atoms with van der Waals surface area (Å²) in [6.07, 6.45) is 4.60. The maximum atomic E-state index is 12.4. The van der Waals surface area contributed by atoms with Crippen LogP contribution in [0, 0.1) is 12.8 Å². The number of carbonyl (C=O) groups excluding carboxylic acids is 1. The monoisotopic (exact) mass is 510 g/mol. The van der Waals surface area contributed by atoms with E-state index in [9.17, 15) is 13.2 Å². The predicted octanol–water partition coefficient (Wildman–Crippen LogP) is 3.58. The smallest absolute Gasteiger partial charge is 0.264 e. The van der Waals surface area contributed by atoms with Gasteiger partial charge in [-0.1, -0.05) is 12.1 Å². The first kappa shape index (κ1) is 24.8. The summed E-state index contributed by atoms with van der Waals surface area (Å²) in [5, 5.41) is 1.17. The standard InChI is InChI=1S/C27H34N4O4S/c1-18-14-26(35-3)24(23-10-11-28-27(18)23)16-31-13-12-30(15-20-4-5-20)17-25(31)21-6-8-22(9-7-21)36(33,34)29-19(2)32/h6-11,14,20,25,28H,4-5,12-13,15-17H2,1-3H3,(H,29,32)/t25-/m0/s1. The Kier molecular flexibility index (Phi) is 6.80. The summed E-state index contributed by atoms with van der Waals surface area (Å²) < 4.78 is 32.7. The van der Waals surface area contributed by atoms with Crippen LogP contribution in [0.5, 0.6) is 5.75 Å². The molecule has 1 aliphatic carbocycles. The van der Waals surface area contributed by atoms with Crippen LogP contribution in [0.25, 0.3) is 10.9 Å². The van der Waals surface area contributed by atoms with Crippen molar-refractivity contribution in [1.82, 2.24) is 19.5 Å². The Bertz CT molecular complexity index is 1360. The number of methoxy groups -OCH3 is 1. The first-order chi connectivity index (χ1) is 17.2. The first-order valence-electron chi connectivity index (χ1n) is 12.5. The molecule has 1 aliphatic heterocycles. The number of benzene rings is 2. The van der Waals surface area contributed by atoms with Crippen molar-refractivity contribution in [3.63, 3.8) is 0 Å². The Morgan fingerprint density at radius 1 is 1.17 bits per heavy atom. The summed E-state index contributed by atoms with van der Waals surface area (Å²) in [4.78, 5) is 19.8. The minimum Gasteiger partial charge on any atom is -0.496 e. The summed E-state index contributed by atoms with van der Waals surface area (Å²) in [6.45, 7) is 7.93. The van der Waals surface area contributed by atoms with E-state index in [2.05, 4.69) is 33.8 Å². The number of ether oxygens (including phenoxy) is 1. The van der Waals surface area contributed by atoms with E-state index in [-0.39, 0.29) is 10.9 Å². The molecule has 2 heterocycles. The number of aromatic amines is 1. The van der Waals surface area contributed by atoms with Crippen LogP contribution < -0.4 is 9.46 Å². The van der Waals surface area contributed by atoms with E-state index >= 15 is 0 Å². The molecule has 1 atom stereocenters. The van der Waals surface area contributed by atoms with Gasteiger partial charge in [-0.05, 0) is 61.1 Å². The molecule has 0 spiro atoms. The summed E-state index contributed by atoms with van der Waals surface area (Å²) in [7, 11) is -2.14. The third-order valence-corrected chi connectivity index (χ3v) is 8.78. The highest BCUT2D eigenvalue weighted by molar-refractivity contribution is 7.90. The molecule has 36 heavy (non-hydrogen) atoms. The predicted molar refractivity (Wildman–Crippen MR) is 139 cm³/mol. The highest BCUT2D eigenvalue weighted by atomic mass is 32.2. The quantitative estimate of drug-likeness (QED) is 0.481. The zero-order valence-corrected chi connectivity index (χ0v) is 21.9. The molecule has 5 rings (SSSR count). The number of piperazine rings is 1. The van der Waals surface area contributed by atoms with Gasteiger partial charge in [0.05, 0.1) is 12.0 Å². The van der Waals surface area contributed by atoms with Crippen LogP contribution in [0.4, 0.5) is 0 Å². The van der Waals surface area contributed by atoms with Crippen LogP contribution in [0.1, 0.15) is 42.5 Å². The molecule has 0 unspecified atom stereocenters. The Morgan fingerprint density at radius 2 is 1.92 bits per heavy atom. The van der Waals surface area contributed by atoms with Gasteiger partial charge in [0.25, 0.3) is 10.0 Å². The lowest BCUT2D eigenvalue weighted by Crippen LogP contribution is -2.48. The molecule has 3 aromatic rings. The minimum atomic E-state index is -3.86. The second kappa shape index (κ2) is 9.88. The van der Waals surface area contributed by atoms with E-state index in [1.165, 1.54) is 25.2 Å². The van der Waals surface area contributed by atoms with Crippen molar-refractivity contribution in [1.29, 1.82) is 0 Å². The lowest BCUT2D eigenvalue weighted by molar-refractivity contribution is -0.117. The van der Waals surface area contributed by atoms with Gasteiger partial charge < -0.3 is 9.72 Å². The average Bonchev–Trinajstić information content (AvgIpc) is 3.51. The average molecular weight is 511 g/mol. The molecule has 2 aliphatic rings. The number of H-pyrrole nitrogens is 1. The molecule has 1 saturated heterocycles. The summed E-state index contributed by atoms with van der Waals surface area (Å²) in [6, 6.07) is 11.3. The lowest BCUT2D eigenvalue weighted by Gasteiger charge is -2.42. The number of amides is 1. The van der Waals surface area contributed by atoms with Crippen molar-refractivity contribution in [2.24, 2.45) is 5.92 Å². The van der Waals surface area contributed by atoms with Crippen molar-refractivity contribution in [2.75, 3.05) is 33.3 Å². The molecule has 1 amide bonds. The number of hydrogen-bond donors (Lipinski definition) is 2.